The third kappa shape index (κ3) is 3.39. The van der Waals surface area contributed by atoms with Crippen LogP contribution in [0, 0.1) is 6.92 Å². The van der Waals surface area contributed by atoms with Crippen molar-refractivity contribution in [2.45, 2.75) is 49.6 Å². The van der Waals surface area contributed by atoms with Crippen molar-refractivity contribution in [3.63, 3.8) is 0 Å². The summed E-state index contributed by atoms with van der Waals surface area (Å²) >= 11 is 0. The highest BCUT2D eigenvalue weighted by Crippen LogP contribution is 2.31. The summed E-state index contributed by atoms with van der Waals surface area (Å²) in [6.45, 7) is 1.87. The molecule has 5 nitrogen and oxygen atoms in total. The second-order valence-electron chi connectivity index (χ2n) is 5.74. The summed E-state index contributed by atoms with van der Waals surface area (Å²) in [7, 11) is -0.413. The molecule has 2 N–H and O–H groups in total. The number of rotatable bonds is 4. The van der Waals surface area contributed by atoms with E-state index in [2.05, 4.69) is 0 Å². The van der Waals surface area contributed by atoms with Crippen LogP contribution in [0.4, 0.5) is 0 Å². The number of methoxy groups -OCH3 is 1. The molecule has 1 fully saturated rings. The van der Waals surface area contributed by atoms with E-state index in [4.69, 9.17) is 10.5 Å². The number of nitrogens with zero attached hydrogens (tertiary/aromatic N) is 1. The van der Waals surface area contributed by atoms with Gasteiger partial charge in [-0.3, -0.25) is 0 Å². The number of ether oxygens (including phenoxy) is 1. The molecular formula is C15H24N2O3S. The first-order valence-electron chi connectivity index (χ1n) is 7.24. The Kier molecular flexibility index (Phi) is 4.91. The van der Waals surface area contributed by atoms with Crippen LogP contribution < -0.4 is 10.5 Å². The van der Waals surface area contributed by atoms with Crippen LogP contribution in [0.1, 0.15) is 31.2 Å². The van der Waals surface area contributed by atoms with E-state index < -0.39 is 10.0 Å². The van der Waals surface area contributed by atoms with Gasteiger partial charge in [0.25, 0.3) is 0 Å². The van der Waals surface area contributed by atoms with Crippen molar-refractivity contribution in [3.05, 3.63) is 23.8 Å². The highest BCUT2D eigenvalue weighted by atomic mass is 32.2. The standard InChI is InChI=1S/C15H24N2O3S/c1-11-4-9-14(20-3)15(10-11)21(18,19)17(2)13-7-5-12(16)6-8-13/h4,9-10,12-13H,5-8,16H2,1-3H3. The SMILES string of the molecule is COc1ccc(C)cc1S(=O)(=O)N(C)C1CCC(N)CC1. The lowest BCUT2D eigenvalue weighted by Gasteiger charge is -2.33. The fourth-order valence-electron chi connectivity index (χ4n) is 2.80. The van der Waals surface area contributed by atoms with Crippen LogP contribution in [0.15, 0.2) is 23.1 Å². The van der Waals surface area contributed by atoms with Gasteiger partial charge in [0.05, 0.1) is 7.11 Å². The maximum absolute atomic E-state index is 12.9. The Hall–Kier alpha value is -1.11. The van der Waals surface area contributed by atoms with Gasteiger partial charge in [-0.15, -0.1) is 0 Å². The lowest BCUT2D eigenvalue weighted by molar-refractivity contribution is 0.268. The molecule has 0 amide bonds. The zero-order valence-electron chi connectivity index (χ0n) is 12.9. The summed E-state index contributed by atoms with van der Waals surface area (Å²) in [6.07, 6.45) is 3.36. The third-order valence-corrected chi connectivity index (χ3v) is 6.16. The van der Waals surface area contributed by atoms with Crippen LogP contribution in [0.2, 0.25) is 0 Å². The topological polar surface area (TPSA) is 72.6 Å². The molecule has 6 heteroatoms. The molecule has 21 heavy (non-hydrogen) atoms. The van der Waals surface area contributed by atoms with Crippen molar-refractivity contribution in [2.75, 3.05) is 14.2 Å². The Bertz CT molecular complexity index is 593. The van der Waals surface area contributed by atoms with Crippen molar-refractivity contribution in [3.8, 4) is 5.75 Å². The monoisotopic (exact) mass is 312 g/mol. The quantitative estimate of drug-likeness (QED) is 0.921. The van der Waals surface area contributed by atoms with Crippen molar-refractivity contribution < 1.29 is 13.2 Å². The normalized spacial score (nSPS) is 23.3. The molecule has 1 aliphatic carbocycles. The van der Waals surface area contributed by atoms with Crippen molar-refractivity contribution in [1.82, 2.24) is 4.31 Å². The van der Waals surface area contributed by atoms with E-state index in [0.29, 0.717) is 5.75 Å². The first-order chi connectivity index (χ1) is 9.86. The molecule has 0 bridgehead atoms. The van der Waals surface area contributed by atoms with E-state index in [1.807, 2.05) is 13.0 Å². The Labute approximate surface area is 127 Å². The summed E-state index contributed by atoms with van der Waals surface area (Å²) in [4.78, 5) is 0.238. The van der Waals surface area contributed by atoms with Gasteiger partial charge in [-0.2, -0.15) is 4.31 Å². The molecule has 0 atom stereocenters. The van der Waals surface area contributed by atoms with Crippen LogP contribution >= 0.6 is 0 Å². The van der Waals surface area contributed by atoms with E-state index in [1.165, 1.54) is 11.4 Å². The molecule has 0 heterocycles. The third-order valence-electron chi connectivity index (χ3n) is 4.23. The van der Waals surface area contributed by atoms with Gasteiger partial charge in [-0.25, -0.2) is 8.42 Å². The van der Waals surface area contributed by atoms with E-state index in [0.717, 1.165) is 31.2 Å². The van der Waals surface area contributed by atoms with Gasteiger partial charge in [0.1, 0.15) is 10.6 Å². The number of aryl methyl sites for hydroxylation is 1. The highest BCUT2D eigenvalue weighted by molar-refractivity contribution is 7.89. The van der Waals surface area contributed by atoms with Crippen LogP contribution in [0.25, 0.3) is 0 Å². The van der Waals surface area contributed by atoms with E-state index in [1.54, 1.807) is 19.2 Å². The number of sulfonamides is 1. The number of hydrogen-bond donors (Lipinski definition) is 1. The summed E-state index contributed by atoms with van der Waals surface area (Å²) in [5, 5.41) is 0. The molecule has 0 aromatic heterocycles. The molecule has 0 unspecified atom stereocenters. The van der Waals surface area contributed by atoms with Crippen LogP contribution in [0.3, 0.4) is 0 Å². The molecule has 0 spiro atoms. The lowest BCUT2D eigenvalue weighted by Crippen LogP contribution is -2.41. The van der Waals surface area contributed by atoms with Gasteiger partial charge in [0.15, 0.2) is 0 Å². The van der Waals surface area contributed by atoms with Gasteiger partial charge < -0.3 is 10.5 Å². The molecule has 1 saturated carbocycles. The van der Waals surface area contributed by atoms with Gasteiger partial charge in [-0.05, 0) is 50.3 Å². The highest BCUT2D eigenvalue weighted by Gasteiger charge is 2.32. The minimum absolute atomic E-state index is 0.0139. The Balaban J connectivity index is 2.31. The summed E-state index contributed by atoms with van der Waals surface area (Å²) in [6, 6.07) is 5.43. The largest absolute Gasteiger partial charge is 0.495 e. The maximum atomic E-state index is 12.9. The Morgan fingerprint density at radius 1 is 1.24 bits per heavy atom. The zero-order valence-corrected chi connectivity index (χ0v) is 13.7. The van der Waals surface area contributed by atoms with Gasteiger partial charge in [-0.1, -0.05) is 6.07 Å². The van der Waals surface area contributed by atoms with Gasteiger partial charge in [0.2, 0.25) is 10.0 Å². The first-order valence-corrected chi connectivity index (χ1v) is 8.68. The van der Waals surface area contributed by atoms with Crippen molar-refractivity contribution >= 4 is 10.0 Å². The number of nitrogens with two attached hydrogens (primary N) is 1. The first kappa shape index (κ1) is 16.3. The molecule has 0 aliphatic heterocycles. The second-order valence-corrected chi connectivity index (χ2v) is 7.71. The summed E-state index contributed by atoms with van der Waals surface area (Å²) < 4.78 is 32.4. The van der Waals surface area contributed by atoms with Gasteiger partial charge >= 0.3 is 0 Å². The smallest absolute Gasteiger partial charge is 0.246 e. The predicted molar refractivity (Wildman–Crippen MR) is 82.9 cm³/mol. The lowest BCUT2D eigenvalue weighted by atomic mass is 9.92. The fraction of sp³-hybridized carbons (Fsp3) is 0.600. The fourth-order valence-corrected chi connectivity index (χ4v) is 4.46. The predicted octanol–water partition coefficient (Wildman–Crippen LogP) is 1.89. The average molecular weight is 312 g/mol. The van der Waals surface area contributed by atoms with Crippen molar-refractivity contribution in [2.24, 2.45) is 5.73 Å². The molecule has 2 rings (SSSR count). The molecular weight excluding hydrogens is 288 g/mol. The molecule has 0 radical (unpaired) electrons. The van der Waals surface area contributed by atoms with Crippen LogP contribution in [-0.2, 0) is 10.0 Å². The second kappa shape index (κ2) is 6.34. The molecule has 118 valence electrons. The minimum atomic E-state index is -3.55. The van der Waals surface area contributed by atoms with E-state index in [9.17, 15) is 8.42 Å². The molecule has 1 aromatic rings. The Morgan fingerprint density at radius 2 is 1.86 bits per heavy atom. The molecule has 1 aliphatic rings. The van der Waals surface area contributed by atoms with E-state index in [-0.39, 0.29) is 17.0 Å². The molecule has 0 saturated heterocycles. The summed E-state index contributed by atoms with van der Waals surface area (Å²) in [5.41, 5.74) is 6.79. The van der Waals surface area contributed by atoms with E-state index >= 15 is 0 Å². The maximum Gasteiger partial charge on any atom is 0.246 e. The number of benzene rings is 1. The Morgan fingerprint density at radius 3 is 2.43 bits per heavy atom. The van der Waals surface area contributed by atoms with Gasteiger partial charge in [0, 0.05) is 19.1 Å². The minimum Gasteiger partial charge on any atom is -0.495 e. The number of hydrogen-bond acceptors (Lipinski definition) is 4. The molecule has 1 aromatic carbocycles. The van der Waals surface area contributed by atoms with Crippen molar-refractivity contribution in [1.29, 1.82) is 0 Å². The van der Waals surface area contributed by atoms with Crippen LogP contribution in [0.5, 0.6) is 5.75 Å². The average Bonchev–Trinajstić information content (AvgIpc) is 2.47. The van der Waals surface area contributed by atoms with Crippen LogP contribution in [-0.4, -0.2) is 39.0 Å². The summed E-state index contributed by atoms with van der Waals surface area (Å²) in [5.74, 6) is 0.389. The zero-order chi connectivity index (χ0) is 15.6.